The van der Waals surface area contributed by atoms with Crippen LogP contribution in [0.4, 0.5) is 14.5 Å². The molecule has 2 N–H and O–H groups in total. The number of nitrogen functional groups attached to an aromatic ring is 1. The number of rotatable bonds is 1. The summed E-state index contributed by atoms with van der Waals surface area (Å²) in [6, 6.07) is 7.88. The first-order chi connectivity index (χ1) is 9.08. The van der Waals surface area contributed by atoms with E-state index in [1.807, 2.05) is 23.6 Å². The molecule has 1 heterocycles. The summed E-state index contributed by atoms with van der Waals surface area (Å²) in [7, 11) is 0. The Kier molecular flexibility index (Phi) is 3.03. The van der Waals surface area contributed by atoms with E-state index >= 15 is 0 Å². The van der Waals surface area contributed by atoms with Crippen molar-refractivity contribution in [1.82, 2.24) is 0 Å². The molecule has 0 amide bonds. The number of halogens is 3. The van der Waals surface area contributed by atoms with E-state index in [2.05, 4.69) is 15.9 Å². The maximum absolute atomic E-state index is 13.9. The van der Waals surface area contributed by atoms with E-state index in [9.17, 15) is 8.78 Å². The fourth-order valence-electron chi connectivity index (χ4n) is 2.00. The predicted molar refractivity (Wildman–Crippen MR) is 79.3 cm³/mol. The maximum atomic E-state index is 13.9. The number of hydrogen-bond donors (Lipinski definition) is 1. The van der Waals surface area contributed by atoms with Gasteiger partial charge in [0, 0.05) is 31.8 Å². The first-order valence-electron chi connectivity index (χ1n) is 5.48. The molecule has 96 valence electrons. The van der Waals surface area contributed by atoms with Crippen LogP contribution in [0.1, 0.15) is 0 Å². The zero-order chi connectivity index (χ0) is 13.6. The van der Waals surface area contributed by atoms with E-state index in [0.717, 1.165) is 26.2 Å². The molecule has 0 radical (unpaired) electrons. The molecule has 0 atom stereocenters. The molecule has 3 rings (SSSR count). The van der Waals surface area contributed by atoms with Gasteiger partial charge in [0.15, 0.2) is 0 Å². The van der Waals surface area contributed by atoms with Gasteiger partial charge < -0.3 is 5.73 Å². The molecular weight excluding hydrogens is 332 g/mol. The number of anilines is 1. The molecule has 0 aliphatic rings. The Bertz CT molecular complexity index is 782. The fourth-order valence-corrected chi connectivity index (χ4v) is 3.62. The molecule has 1 nitrogen and oxygen atoms in total. The Morgan fingerprint density at radius 1 is 1.05 bits per heavy atom. The van der Waals surface area contributed by atoms with Crippen LogP contribution in [0.2, 0.25) is 0 Å². The smallest absolute Gasteiger partial charge is 0.149 e. The van der Waals surface area contributed by atoms with Crippen LogP contribution < -0.4 is 5.73 Å². The van der Waals surface area contributed by atoms with Gasteiger partial charge in [-0.2, -0.15) is 0 Å². The van der Waals surface area contributed by atoms with E-state index in [4.69, 9.17) is 5.73 Å². The van der Waals surface area contributed by atoms with Crippen molar-refractivity contribution in [2.45, 2.75) is 0 Å². The minimum absolute atomic E-state index is 0.0502. The average molecular weight is 340 g/mol. The number of benzene rings is 2. The number of nitrogens with two attached hydrogens (primary N) is 1. The normalized spacial score (nSPS) is 11.1. The minimum atomic E-state index is -0.734. The molecule has 0 unspecified atom stereocenters. The molecular formula is C14H8BrF2NS. The number of fused-ring (bicyclic) bond motifs is 1. The van der Waals surface area contributed by atoms with Gasteiger partial charge in [-0.15, -0.1) is 11.3 Å². The van der Waals surface area contributed by atoms with Crippen molar-refractivity contribution in [3.8, 4) is 11.1 Å². The molecule has 0 saturated heterocycles. The van der Waals surface area contributed by atoms with E-state index < -0.39 is 11.6 Å². The summed E-state index contributed by atoms with van der Waals surface area (Å²) in [6.45, 7) is 0. The maximum Gasteiger partial charge on any atom is 0.149 e. The van der Waals surface area contributed by atoms with E-state index in [1.54, 1.807) is 0 Å². The molecule has 0 aliphatic carbocycles. The van der Waals surface area contributed by atoms with Crippen molar-refractivity contribution in [1.29, 1.82) is 0 Å². The monoisotopic (exact) mass is 339 g/mol. The molecule has 0 spiro atoms. The Balaban J connectivity index is 2.31. The van der Waals surface area contributed by atoms with Crippen molar-refractivity contribution >= 4 is 43.0 Å². The van der Waals surface area contributed by atoms with Crippen LogP contribution >= 0.6 is 27.3 Å². The lowest BCUT2D eigenvalue weighted by Gasteiger charge is -2.05. The van der Waals surface area contributed by atoms with Crippen molar-refractivity contribution in [3.05, 3.63) is 51.8 Å². The molecule has 19 heavy (non-hydrogen) atoms. The van der Waals surface area contributed by atoms with Crippen molar-refractivity contribution in [2.75, 3.05) is 5.73 Å². The van der Waals surface area contributed by atoms with Gasteiger partial charge in [-0.05, 0) is 33.4 Å². The van der Waals surface area contributed by atoms with Crippen LogP contribution in [-0.2, 0) is 0 Å². The first kappa shape index (κ1) is 12.6. The second-order valence-corrected chi connectivity index (χ2v) is 5.85. The second kappa shape index (κ2) is 4.58. The summed E-state index contributed by atoms with van der Waals surface area (Å²) in [4.78, 5) is 0. The molecule has 0 fully saturated rings. The summed E-state index contributed by atoms with van der Waals surface area (Å²) in [6.07, 6.45) is 0. The predicted octanol–water partition coefficient (Wildman–Crippen LogP) is 5.19. The molecule has 5 heteroatoms. The van der Waals surface area contributed by atoms with Gasteiger partial charge in [0.05, 0.1) is 5.69 Å². The van der Waals surface area contributed by atoms with Gasteiger partial charge in [0.2, 0.25) is 0 Å². The number of hydrogen-bond acceptors (Lipinski definition) is 2. The molecule has 0 saturated carbocycles. The zero-order valence-corrected chi connectivity index (χ0v) is 12.0. The highest BCUT2D eigenvalue weighted by Gasteiger charge is 2.14. The van der Waals surface area contributed by atoms with Crippen LogP contribution in [0.3, 0.4) is 0 Å². The fraction of sp³-hybridized carbons (Fsp3) is 0. The molecule has 0 aliphatic heterocycles. The van der Waals surface area contributed by atoms with Gasteiger partial charge in [0.25, 0.3) is 0 Å². The SMILES string of the molecule is Nc1cc(-c2csc3c(Br)cccc23)c(F)cc1F. The zero-order valence-electron chi connectivity index (χ0n) is 9.58. The summed E-state index contributed by atoms with van der Waals surface area (Å²) < 4.78 is 29.1. The van der Waals surface area contributed by atoms with Crippen molar-refractivity contribution < 1.29 is 8.78 Å². The van der Waals surface area contributed by atoms with Crippen LogP contribution in [0.25, 0.3) is 21.2 Å². The summed E-state index contributed by atoms with van der Waals surface area (Å²) in [5.74, 6) is -1.34. The van der Waals surface area contributed by atoms with Crippen LogP contribution in [0.15, 0.2) is 40.2 Å². The lowest BCUT2D eigenvalue weighted by molar-refractivity contribution is 0.589. The van der Waals surface area contributed by atoms with Crippen molar-refractivity contribution in [3.63, 3.8) is 0 Å². The van der Waals surface area contributed by atoms with Crippen LogP contribution in [0, 0.1) is 11.6 Å². The standard InChI is InChI=1S/C14H8BrF2NS/c15-10-3-1-2-7-9(6-19-14(7)10)8-4-13(18)12(17)5-11(8)16/h1-6H,18H2. The highest BCUT2D eigenvalue weighted by atomic mass is 79.9. The average Bonchev–Trinajstić information content (AvgIpc) is 2.79. The summed E-state index contributed by atoms with van der Waals surface area (Å²) in [5, 5.41) is 2.77. The number of thiophene rings is 1. The third-order valence-electron chi connectivity index (χ3n) is 2.93. The molecule has 3 aromatic rings. The Labute approximate surface area is 120 Å². The molecule has 0 bridgehead atoms. The molecule has 1 aromatic heterocycles. The third kappa shape index (κ3) is 2.03. The Morgan fingerprint density at radius 3 is 2.63 bits per heavy atom. The van der Waals surface area contributed by atoms with Crippen LogP contribution in [0.5, 0.6) is 0 Å². The summed E-state index contributed by atoms with van der Waals surface area (Å²) >= 11 is 4.97. The van der Waals surface area contributed by atoms with Gasteiger partial charge in [-0.3, -0.25) is 0 Å². The quantitative estimate of drug-likeness (QED) is 0.606. The lowest BCUT2D eigenvalue weighted by Crippen LogP contribution is -1.94. The van der Waals surface area contributed by atoms with E-state index in [1.165, 1.54) is 17.4 Å². The third-order valence-corrected chi connectivity index (χ3v) is 4.88. The molecule has 2 aromatic carbocycles. The van der Waals surface area contributed by atoms with Crippen molar-refractivity contribution in [2.24, 2.45) is 0 Å². The second-order valence-electron chi connectivity index (χ2n) is 4.12. The van der Waals surface area contributed by atoms with Gasteiger partial charge in [-0.1, -0.05) is 12.1 Å². The lowest BCUT2D eigenvalue weighted by atomic mass is 10.0. The van der Waals surface area contributed by atoms with E-state index in [0.29, 0.717) is 5.56 Å². The Hall–Kier alpha value is -1.46. The Morgan fingerprint density at radius 2 is 1.84 bits per heavy atom. The van der Waals surface area contributed by atoms with Gasteiger partial charge >= 0.3 is 0 Å². The summed E-state index contributed by atoms with van der Waals surface area (Å²) in [5.41, 5.74) is 6.52. The first-order valence-corrected chi connectivity index (χ1v) is 7.16. The van der Waals surface area contributed by atoms with Gasteiger partial charge in [0.1, 0.15) is 11.6 Å². The topological polar surface area (TPSA) is 26.0 Å². The largest absolute Gasteiger partial charge is 0.396 e. The highest BCUT2D eigenvalue weighted by Crippen LogP contribution is 2.39. The minimum Gasteiger partial charge on any atom is -0.396 e. The highest BCUT2D eigenvalue weighted by molar-refractivity contribution is 9.10. The van der Waals surface area contributed by atoms with Crippen LogP contribution in [-0.4, -0.2) is 0 Å². The van der Waals surface area contributed by atoms with Gasteiger partial charge in [-0.25, -0.2) is 8.78 Å². The van der Waals surface area contributed by atoms with E-state index in [-0.39, 0.29) is 5.69 Å².